The maximum absolute atomic E-state index is 12.5. The van der Waals surface area contributed by atoms with Crippen molar-refractivity contribution in [3.63, 3.8) is 0 Å². The van der Waals surface area contributed by atoms with Gasteiger partial charge in [-0.3, -0.25) is 9.89 Å². The van der Waals surface area contributed by atoms with Crippen LogP contribution in [0.1, 0.15) is 62.9 Å². The molecule has 25 heavy (non-hydrogen) atoms. The van der Waals surface area contributed by atoms with E-state index in [1.807, 2.05) is 0 Å². The van der Waals surface area contributed by atoms with Gasteiger partial charge in [0.2, 0.25) is 5.91 Å². The van der Waals surface area contributed by atoms with E-state index in [4.69, 9.17) is 9.47 Å². The fourth-order valence-electron chi connectivity index (χ4n) is 3.97. The van der Waals surface area contributed by atoms with E-state index in [0.717, 1.165) is 38.5 Å². The first-order chi connectivity index (χ1) is 11.9. The molecule has 0 bridgehead atoms. The average molecular weight is 349 g/mol. The normalized spacial score (nSPS) is 28.6. The Hall–Kier alpha value is -1.89. The van der Waals surface area contributed by atoms with Gasteiger partial charge in [-0.2, -0.15) is 5.10 Å². The van der Waals surface area contributed by atoms with Gasteiger partial charge in [0.15, 0.2) is 5.82 Å². The molecule has 1 amide bonds. The van der Waals surface area contributed by atoms with Gasteiger partial charge in [-0.1, -0.05) is 0 Å². The van der Waals surface area contributed by atoms with Crippen LogP contribution in [-0.4, -0.2) is 41.4 Å². The van der Waals surface area contributed by atoms with E-state index in [-0.39, 0.29) is 23.6 Å². The molecule has 0 unspecified atom stereocenters. The summed E-state index contributed by atoms with van der Waals surface area (Å²) in [5.41, 5.74) is 0.643. The number of hydrogen-bond donors (Lipinski definition) is 2. The highest BCUT2D eigenvalue weighted by Crippen LogP contribution is 2.53. The Bertz CT molecular complexity index is 624. The number of H-pyrrole nitrogens is 1. The van der Waals surface area contributed by atoms with Crippen LogP contribution in [0.15, 0.2) is 6.07 Å². The molecule has 0 atom stereocenters. The van der Waals surface area contributed by atoms with Crippen LogP contribution in [0.2, 0.25) is 0 Å². The molecule has 7 heteroatoms. The monoisotopic (exact) mass is 349 g/mol. The number of nitrogens with zero attached hydrogens (tertiary/aromatic N) is 1. The SMILES string of the molecule is COC1CC2(CCC(C(=O)Nc3cc(C(=O)OC(C)C)[nH]n3)CC2)C1. The van der Waals surface area contributed by atoms with Gasteiger partial charge in [0, 0.05) is 19.1 Å². The number of aromatic amines is 1. The summed E-state index contributed by atoms with van der Waals surface area (Å²) in [6.45, 7) is 3.56. The zero-order valence-corrected chi connectivity index (χ0v) is 15.1. The predicted octanol–water partition coefficient (Wildman–Crippen LogP) is 2.90. The second kappa shape index (κ2) is 7.15. The molecule has 2 aliphatic rings. The van der Waals surface area contributed by atoms with E-state index >= 15 is 0 Å². The molecule has 2 aliphatic carbocycles. The van der Waals surface area contributed by atoms with E-state index in [1.165, 1.54) is 6.07 Å². The van der Waals surface area contributed by atoms with E-state index in [0.29, 0.717) is 17.3 Å². The number of anilines is 1. The van der Waals surface area contributed by atoms with Crippen molar-refractivity contribution in [2.45, 2.75) is 64.6 Å². The molecule has 3 rings (SSSR count). The van der Waals surface area contributed by atoms with Crippen molar-refractivity contribution in [2.24, 2.45) is 11.3 Å². The highest BCUT2D eigenvalue weighted by molar-refractivity contribution is 5.94. The summed E-state index contributed by atoms with van der Waals surface area (Å²) in [5, 5.41) is 9.40. The summed E-state index contributed by atoms with van der Waals surface area (Å²) in [4.78, 5) is 24.3. The molecule has 1 aromatic rings. The second-order valence-corrected chi connectivity index (χ2v) is 7.65. The number of carbonyl (C=O) groups is 2. The molecular weight excluding hydrogens is 322 g/mol. The summed E-state index contributed by atoms with van der Waals surface area (Å²) in [7, 11) is 1.77. The number of rotatable bonds is 5. The minimum atomic E-state index is -0.472. The molecule has 1 spiro atoms. The van der Waals surface area contributed by atoms with Crippen molar-refractivity contribution in [1.29, 1.82) is 0 Å². The number of esters is 1. The Balaban J connectivity index is 1.49. The van der Waals surface area contributed by atoms with Gasteiger partial charge in [0.05, 0.1) is 12.2 Å². The van der Waals surface area contributed by atoms with Crippen LogP contribution in [-0.2, 0) is 14.3 Å². The molecule has 0 aliphatic heterocycles. The Morgan fingerprint density at radius 2 is 2.00 bits per heavy atom. The third kappa shape index (κ3) is 4.03. The molecule has 0 saturated heterocycles. The number of aromatic nitrogens is 2. The number of carbonyl (C=O) groups excluding carboxylic acids is 2. The molecule has 2 fully saturated rings. The fraction of sp³-hybridized carbons (Fsp3) is 0.722. The first kappa shape index (κ1) is 17.9. The van der Waals surface area contributed by atoms with Crippen LogP contribution < -0.4 is 5.32 Å². The van der Waals surface area contributed by atoms with Gasteiger partial charge >= 0.3 is 5.97 Å². The molecule has 2 saturated carbocycles. The van der Waals surface area contributed by atoms with E-state index in [9.17, 15) is 9.59 Å². The standard InChI is InChI=1S/C18H27N3O4/c1-11(2)25-17(23)14-8-15(21-20-14)19-16(22)12-4-6-18(7-5-12)9-13(10-18)24-3/h8,11-13H,4-7,9-10H2,1-3H3,(H2,19,20,21,22). The molecule has 7 nitrogen and oxygen atoms in total. The van der Waals surface area contributed by atoms with Gasteiger partial charge in [-0.15, -0.1) is 0 Å². The van der Waals surface area contributed by atoms with Gasteiger partial charge in [0.25, 0.3) is 0 Å². The predicted molar refractivity (Wildman–Crippen MR) is 92.2 cm³/mol. The summed E-state index contributed by atoms with van der Waals surface area (Å²) in [6, 6.07) is 1.52. The van der Waals surface area contributed by atoms with Gasteiger partial charge in [-0.05, 0) is 57.8 Å². The largest absolute Gasteiger partial charge is 0.458 e. The smallest absolute Gasteiger partial charge is 0.356 e. The van der Waals surface area contributed by atoms with Crippen LogP contribution in [0.4, 0.5) is 5.82 Å². The van der Waals surface area contributed by atoms with Crippen LogP contribution in [0.5, 0.6) is 0 Å². The summed E-state index contributed by atoms with van der Waals surface area (Å²) in [6.07, 6.45) is 6.40. The Morgan fingerprint density at radius 1 is 1.32 bits per heavy atom. The molecular formula is C18H27N3O4. The lowest BCUT2D eigenvalue weighted by molar-refractivity contribution is -0.125. The summed E-state index contributed by atoms with van der Waals surface area (Å²) >= 11 is 0. The van der Waals surface area contributed by atoms with E-state index in [1.54, 1.807) is 21.0 Å². The zero-order chi connectivity index (χ0) is 18.0. The van der Waals surface area contributed by atoms with E-state index in [2.05, 4.69) is 15.5 Å². The lowest BCUT2D eigenvalue weighted by atomic mass is 9.57. The second-order valence-electron chi connectivity index (χ2n) is 7.65. The third-order valence-corrected chi connectivity index (χ3v) is 5.46. The van der Waals surface area contributed by atoms with Gasteiger partial charge < -0.3 is 14.8 Å². The molecule has 1 aromatic heterocycles. The molecule has 138 valence electrons. The molecule has 2 N–H and O–H groups in total. The summed E-state index contributed by atoms with van der Waals surface area (Å²) in [5.74, 6) is -0.118. The lowest BCUT2D eigenvalue weighted by Crippen LogP contribution is -2.45. The average Bonchev–Trinajstić information content (AvgIpc) is 3.00. The molecule has 0 radical (unpaired) electrons. The Morgan fingerprint density at radius 3 is 2.60 bits per heavy atom. The lowest BCUT2D eigenvalue weighted by Gasteiger charge is -2.50. The third-order valence-electron chi connectivity index (χ3n) is 5.46. The Kier molecular flexibility index (Phi) is 5.13. The van der Waals surface area contributed by atoms with E-state index < -0.39 is 5.97 Å². The number of nitrogens with one attached hydrogen (secondary N) is 2. The summed E-state index contributed by atoms with van der Waals surface area (Å²) < 4.78 is 10.5. The number of amides is 1. The fourth-order valence-corrected chi connectivity index (χ4v) is 3.97. The maximum Gasteiger partial charge on any atom is 0.356 e. The molecule has 0 aromatic carbocycles. The van der Waals surface area contributed by atoms with Gasteiger partial charge in [0.1, 0.15) is 5.69 Å². The first-order valence-electron chi connectivity index (χ1n) is 9.01. The number of methoxy groups -OCH3 is 1. The highest BCUT2D eigenvalue weighted by Gasteiger charge is 2.47. The van der Waals surface area contributed by atoms with Crippen molar-refractivity contribution in [3.8, 4) is 0 Å². The maximum atomic E-state index is 12.5. The van der Waals surface area contributed by atoms with Crippen LogP contribution in [0.25, 0.3) is 0 Å². The van der Waals surface area contributed by atoms with Crippen LogP contribution >= 0.6 is 0 Å². The van der Waals surface area contributed by atoms with Crippen LogP contribution in [0.3, 0.4) is 0 Å². The van der Waals surface area contributed by atoms with Crippen molar-refractivity contribution < 1.29 is 19.1 Å². The topological polar surface area (TPSA) is 93.3 Å². The first-order valence-corrected chi connectivity index (χ1v) is 9.01. The van der Waals surface area contributed by atoms with Crippen molar-refractivity contribution in [2.75, 3.05) is 12.4 Å². The quantitative estimate of drug-likeness (QED) is 0.797. The Labute approximate surface area is 147 Å². The van der Waals surface area contributed by atoms with Crippen molar-refractivity contribution in [3.05, 3.63) is 11.8 Å². The zero-order valence-electron chi connectivity index (χ0n) is 15.1. The van der Waals surface area contributed by atoms with Crippen LogP contribution in [0, 0.1) is 11.3 Å². The van der Waals surface area contributed by atoms with Crippen molar-refractivity contribution >= 4 is 17.7 Å². The highest BCUT2D eigenvalue weighted by atomic mass is 16.5. The number of hydrogen-bond acceptors (Lipinski definition) is 5. The molecule has 1 heterocycles. The number of ether oxygens (including phenoxy) is 2. The van der Waals surface area contributed by atoms with Gasteiger partial charge in [-0.25, -0.2) is 4.79 Å². The minimum absolute atomic E-state index is 0.00925. The minimum Gasteiger partial charge on any atom is -0.458 e. The van der Waals surface area contributed by atoms with Crippen molar-refractivity contribution in [1.82, 2.24) is 10.2 Å².